The van der Waals surface area contributed by atoms with Gasteiger partial charge in [-0.2, -0.15) is 0 Å². The normalized spacial score (nSPS) is 12.7. The zero-order valence-electron chi connectivity index (χ0n) is 5.54. The molecule has 8 heteroatoms. The van der Waals surface area contributed by atoms with E-state index in [9.17, 15) is 14.2 Å². The van der Waals surface area contributed by atoms with Crippen molar-refractivity contribution in [2.75, 3.05) is 0 Å². The third-order valence-electron chi connectivity index (χ3n) is 0.793. The van der Waals surface area contributed by atoms with E-state index in [0.717, 1.165) is 0 Å². The van der Waals surface area contributed by atoms with Gasteiger partial charge >= 0.3 is 19.5 Å². The van der Waals surface area contributed by atoms with E-state index in [1.54, 1.807) is 0 Å². The van der Waals surface area contributed by atoms with E-state index in [4.69, 9.17) is 20.0 Å². The molecule has 7 nitrogen and oxygen atoms in total. The lowest BCUT2D eigenvalue weighted by molar-refractivity contribution is -0.134. The smallest absolute Gasteiger partial charge is 0.363 e. The molecule has 0 fully saturated rings. The fourth-order valence-corrected chi connectivity index (χ4v) is 0.915. The largest absolute Gasteiger partial charge is 0.478 e. The van der Waals surface area contributed by atoms with Crippen molar-refractivity contribution in [3.05, 3.63) is 11.4 Å². The van der Waals surface area contributed by atoms with Gasteiger partial charge in [-0.3, -0.25) is 4.57 Å². The van der Waals surface area contributed by atoms with Gasteiger partial charge < -0.3 is 20.0 Å². The highest BCUT2D eigenvalue weighted by atomic mass is 31.2. The molecule has 0 heterocycles. The van der Waals surface area contributed by atoms with Crippen LogP contribution in [0.5, 0.6) is 0 Å². The first-order valence-electron chi connectivity index (χ1n) is 2.49. The molecule has 12 heavy (non-hydrogen) atoms. The molecule has 0 unspecified atom stereocenters. The summed E-state index contributed by atoms with van der Waals surface area (Å²) in [5.74, 6) is -3.68. The number of carboxylic acids is 2. The quantitative estimate of drug-likeness (QED) is 0.343. The second-order valence-corrected chi connectivity index (χ2v) is 3.29. The van der Waals surface area contributed by atoms with Crippen molar-refractivity contribution < 1.29 is 34.2 Å². The highest BCUT2D eigenvalue weighted by molar-refractivity contribution is 7.58. The van der Waals surface area contributed by atoms with Crippen LogP contribution < -0.4 is 0 Å². The average molecular weight is 196 g/mol. The number of aliphatic carboxylic acids is 2. The molecule has 0 aliphatic heterocycles. The lowest BCUT2D eigenvalue weighted by Gasteiger charge is -2.01. The van der Waals surface area contributed by atoms with E-state index in [2.05, 4.69) is 0 Å². The van der Waals surface area contributed by atoms with Crippen LogP contribution in [-0.4, -0.2) is 31.9 Å². The zero-order chi connectivity index (χ0) is 9.94. The first-order chi connectivity index (χ1) is 5.25. The Kier molecular flexibility index (Phi) is 3.15. The highest BCUT2D eigenvalue weighted by Crippen LogP contribution is 2.44. The van der Waals surface area contributed by atoms with E-state index in [1.807, 2.05) is 0 Å². The van der Waals surface area contributed by atoms with Gasteiger partial charge in [-0.1, -0.05) is 0 Å². The van der Waals surface area contributed by atoms with Crippen molar-refractivity contribution in [2.24, 2.45) is 0 Å². The standard InChI is InChI=1S/C4H5O7P/c5-3(6)1-2(4(7)8)12(9,10)11/h1H,(H,5,6)(H,7,8)(H2,9,10,11). The molecule has 0 aromatic rings. The summed E-state index contributed by atoms with van der Waals surface area (Å²) in [6.45, 7) is 0. The molecule has 0 aliphatic carbocycles. The first-order valence-corrected chi connectivity index (χ1v) is 4.10. The molecule has 0 saturated carbocycles. The zero-order valence-corrected chi connectivity index (χ0v) is 6.43. The molecule has 0 rings (SSSR count). The van der Waals surface area contributed by atoms with Gasteiger partial charge in [-0.15, -0.1) is 0 Å². The van der Waals surface area contributed by atoms with Crippen molar-refractivity contribution in [2.45, 2.75) is 0 Å². The van der Waals surface area contributed by atoms with Gasteiger partial charge in [-0.05, 0) is 0 Å². The second kappa shape index (κ2) is 3.48. The maximum Gasteiger partial charge on any atom is 0.363 e. The lowest BCUT2D eigenvalue weighted by atomic mass is 10.5. The molecule has 0 spiro atoms. The van der Waals surface area contributed by atoms with Crippen LogP contribution in [-0.2, 0) is 14.2 Å². The van der Waals surface area contributed by atoms with Crippen LogP contribution >= 0.6 is 7.60 Å². The maximum atomic E-state index is 10.3. The fourth-order valence-electron chi connectivity index (χ4n) is 0.387. The number of rotatable bonds is 3. The molecule has 0 aliphatic rings. The van der Waals surface area contributed by atoms with Crippen molar-refractivity contribution >= 4 is 19.5 Å². The van der Waals surface area contributed by atoms with Crippen LogP contribution in [0.4, 0.5) is 0 Å². The predicted molar refractivity (Wildman–Crippen MR) is 35.4 cm³/mol. The highest BCUT2D eigenvalue weighted by Gasteiger charge is 2.28. The Balaban J connectivity index is 5.08. The summed E-state index contributed by atoms with van der Waals surface area (Å²) >= 11 is 0. The third-order valence-corrected chi connectivity index (χ3v) is 1.74. The monoisotopic (exact) mass is 196 g/mol. The summed E-state index contributed by atoms with van der Waals surface area (Å²) in [5.41, 5.74) is 0. The summed E-state index contributed by atoms with van der Waals surface area (Å²) in [6, 6.07) is 0. The SMILES string of the molecule is O=C(O)C=C(C(=O)O)P(=O)(O)O. The Morgan fingerprint density at radius 1 is 1.17 bits per heavy atom. The van der Waals surface area contributed by atoms with E-state index >= 15 is 0 Å². The first kappa shape index (κ1) is 10.8. The van der Waals surface area contributed by atoms with E-state index < -0.39 is 24.8 Å². The second-order valence-electron chi connectivity index (χ2n) is 1.72. The molecular formula is C4H5O7P. The van der Waals surface area contributed by atoms with Crippen LogP contribution in [0.25, 0.3) is 0 Å². The molecule has 4 N–H and O–H groups in total. The number of hydrogen-bond donors (Lipinski definition) is 4. The van der Waals surface area contributed by atoms with Crippen molar-refractivity contribution in [1.29, 1.82) is 0 Å². The molecule has 0 aromatic heterocycles. The van der Waals surface area contributed by atoms with Crippen molar-refractivity contribution in [3.63, 3.8) is 0 Å². The Hall–Kier alpha value is -1.17. The fraction of sp³-hybridized carbons (Fsp3) is 0. The molecule has 0 aromatic carbocycles. The number of carbonyl (C=O) groups is 2. The van der Waals surface area contributed by atoms with E-state index in [0.29, 0.717) is 0 Å². The summed E-state index contributed by atoms with van der Waals surface area (Å²) in [6.07, 6.45) is -0.0386. The lowest BCUT2D eigenvalue weighted by Crippen LogP contribution is -2.04. The molecule has 0 saturated heterocycles. The molecule has 0 amide bonds. The van der Waals surface area contributed by atoms with Gasteiger partial charge in [0.15, 0.2) is 5.31 Å². The molecular weight excluding hydrogens is 191 g/mol. The maximum absolute atomic E-state index is 10.3. The minimum atomic E-state index is -5.01. The summed E-state index contributed by atoms with van der Waals surface area (Å²) in [5, 5.41) is 14.7. The molecule has 0 atom stereocenters. The van der Waals surface area contributed by atoms with Gasteiger partial charge in [0.2, 0.25) is 0 Å². The van der Waals surface area contributed by atoms with Gasteiger partial charge in [0, 0.05) is 6.08 Å². The van der Waals surface area contributed by atoms with Crippen LogP contribution in [0.2, 0.25) is 0 Å². The number of hydrogen-bond acceptors (Lipinski definition) is 3. The van der Waals surface area contributed by atoms with Gasteiger partial charge in [0.1, 0.15) is 0 Å². The summed E-state index contributed by atoms with van der Waals surface area (Å²) < 4.78 is 10.3. The Bertz CT molecular complexity index is 284. The van der Waals surface area contributed by atoms with E-state index in [1.165, 1.54) is 0 Å². The van der Waals surface area contributed by atoms with Gasteiger partial charge in [0.25, 0.3) is 0 Å². The molecule has 0 bridgehead atoms. The number of carboxylic acid groups (broad SMARTS) is 2. The average Bonchev–Trinajstić information content (AvgIpc) is 1.79. The topological polar surface area (TPSA) is 132 Å². The van der Waals surface area contributed by atoms with Crippen LogP contribution in [0.3, 0.4) is 0 Å². The molecule has 68 valence electrons. The van der Waals surface area contributed by atoms with Crippen molar-refractivity contribution in [3.8, 4) is 0 Å². The van der Waals surface area contributed by atoms with Crippen LogP contribution in [0, 0.1) is 0 Å². The summed E-state index contributed by atoms with van der Waals surface area (Å²) in [7, 11) is -5.01. The Morgan fingerprint density at radius 2 is 1.58 bits per heavy atom. The third kappa shape index (κ3) is 3.29. The van der Waals surface area contributed by atoms with E-state index in [-0.39, 0.29) is 6.08 Å². The molecule has 0 radical (unpaired) electrons. The van der Waals surface area contributed by atoms with Crippen molar-refractivity contribution in [1.82, 2.24) is 0 Å². The predicted octanol–water partition coefficient (Wildman–Crippen LogP) is -0.783. The van der Waals surface area contributed by atoms with Crippen LogP contribution in [0.15, 0.2) is 11.4 Å². The Morgan fingerprint density at radius 3 is 1.67 bits per heavy atom. The minimum Gasteiger partial charge on any atom is -0.478 e. The van der Waals surface area contributed by atoms with Gasteiger partial charge in [0.05, 0.1) is 0 Å². The van der Waals surface area contributed by atoms with Crippen LogP contribution in [0.1, 0.15) is 0 Å². The minimum absolute atomic E-state index is 0.0386. The van der Waals surface area contributed by atoms with Gasteiger partial charge in [-0.25, -0.2) is 9.59 Å². The summed E-state index contributed by atoms with van der Waals surface area (Å²) in [4.78, 5) is 36.5. The Labute approximate surface area is 66.1 Å².